The lowest BCUT2D eigenvalue weighted by molar-refractivity contribution is -0.126. The van der Waals surface area contributed by atoms with E-state index in [2.05, 4.69) is 27.7 Å². The Morgan fingerprint density at radius 1 is 1.34 bits per heavy atom. The lowest BCUT2D eigenvalue weighted by atomic mass is 10.1. The molecule has 2 heterocycles. The van der Waals surface area contributed by atoms with Gasteiger partial charge in [-0.05, 0) is 83.1 Å². The van der Waals surface area contributed by atoms with Crippen LogP contribution in [0.25, 0.3) is 0 Å². The number of carbonyl (C=O) groups is 2. The number of aliphatic hydroxyl groups excluding tert-OH is 1. The minimum atomic E-state index is -0.879. The van der Waals surface area contributed by atoms with Crippen molar-refractivity contribution in [3.05, 3.63) is 52.7 Å². The summed E-state index contributed by atoms with van der Waals surface area (Å²) < 4.78 is 0. The molecule has 2 aliphatic rings. The first-order valence-corrected chi connectivity index (χ1v) is 13.0. The van der Waals surface area contributed by atoms with E-state index in [1.54, 1.807) is 33.0 Å². The van der Waals surface area contributed by atoms with E-state index in [-0.39, 0.29) is 18.1 Å². The fraction of sp³-hybridized carbons (Fsp3) is 0.500. The molecule has 0 aromatic heterocycles. The topological polar surface area (TPSA) is 109 Å². The molecule has 0 bridgehead atoms. The molecule has 1 unspecified atom stereocenters. The highest BCUT2D eigenvalue weighted by atomic mass is 32.2. The summed E-state index contributed by atoms with van der Waals surface area (Å²) in [6, 6.07) is 10.2. The predicted molar refractivity (Wildman–Crippen MR) is 139 cm³/mol. The number of benzene rings is 1. The number of hydrogen-bond acceptors (Lipinski definition) is 7. The molecule has 0 saturated carbocycles. The van der Waals surface area contributed by atoms with Gasteiger partial charge in [-0.25, -0.2) is 0 Å². The highest BCUT2D eigenvalue weighted by Gasteiger charge is 2.38. The molecule has 0 spiro atoms. The Morgan fingerprint density at radius 2 is 2.09 bits per heavy atom. The SMILES string of the molecule is CCN1C(=O)C(C=CNc2cccc(CCN3CCCC3)c2)S/C1=C(/C#N)C(=O)NC(C)(C)CO. The summed E-state index contributed by atoms with van der Waals surface area (Å²) in [4.78, 5) is 29.6. The van der Waals surface area contributed by atoms with Crippen LogP contribution in [-0.4, -0.2) is 70.3 Å². The van der Waals surface area contributed by atoms with Crippen molar-refractivity contribution in [1.82, 2.24) is 15.1 Å². The molecule has 3 rings (SSSR count). The van der Waals surface area contributed by atoms with Crippen molar-refractivity contribution in [2.24, 2.45) is 0 Å². The average Bonchev–Trinajstić information content (AvgIpc) is 3.46. The highest BCUT2D eigenvalue weighted by Crippen LogP contribution is 2.38. The van der Waals surface area contributed by atoms with Crippen molar-refractivity contribution < 1.29 is 14.7 Å². The van der Waals surface area contributed by atoms with Gasteiger partial charge in [0.2, 0.25) is 5.91 Å². The van der Waals surface area contributed by atoms with Gasteiger partial charge in [0.15, 0.2) is 0 Å². The Kier molecular flexibility index (Phi) is 9.38. The van der Waals surface area contributed by atoms with Gasteiger partial charge >= 0.3 is 0 Å². The second-order valence-electron chi connectivity index (χ2n) is 9.41. The second kappa shape index (κ2) is 12.2. The first-order valence-electron chi connectivity index (χ1n) is 12.1. The number of carbonyl (C=O) groups excluding carboxylic acids is 2. The van der Waals surface area contributed by atoms with Crippen molar-refractivity contribution >= 4 is 29.3 Å². The molecule has 1 aromatic rings. The van der Waals surface area contributed by atoms with Crippen molar-refractivity contribution in [3.8, 4) is 6.07 Å². The van der Waals surface area contributed by atoms with E-state index in [0.29, 0.717) is 11.6 Å². The van der Waals surface area contributed by atoms with Crippen LogP contribution in [0.1, 0.15) is 39.2 Å². The molecule has 9 heteroatoms. The van der Waals surface area contributed by atoms with Crippen molar-refractivity contribution in [1.29, 1.82) is 5.26 Å². The Bertz CT molecular complexity index is 1020. The molecule has 1 atom stereocenters. The number of anilines is 1. The average molecular weight is 498 g/mol. The van der Waals surface area contributed by atoms with Gasteiger partial charge in [0, 0.05) is 18.8 Å². The van der Waals surface area contributed by atoms with Crippen molar-refractivity contribution in [2.45, 2.75) is 50.8 Å². The van der Waals surface area contributed by atoms with Gasteiger partial charge in [0.1, 0.15) is 21.9 Å². The van der Waals surface area contributed by atoms with Crippen LogP contribution in [0.5, 0.6) is 0 Å². The smallest absolute Gasteiger partial charge is 0.265 e. The van der Waals surface area contributed by atoms with E-state index in [4.69, 9.17) is 0 Å². The van der Waals surface area contributed by atoms with E-state index in [0.717, 1.165) is 18.7 Å². The zero-order valence-electron chi connectivity index (χ0n) is 20.7. The largest absolute Gasteiger partial charge is 0.394 e. The summed E-state index contributed by atoms with van der Waals surface area (Å²) in [5.41, 5.74) is 1.21. The normalized spacial score (nSPS) is 20.4. The number of nitriles is 1. The van der Waals surface area contributed by atoms with Crippen LogP contribution in [0.15, 0.2) is 47.1 Å². The van der Waals surface area contributed by atoms with Crippen LogP contribution in [0.2, 0.25) is 0 Å². The molecule has 3 N–H and O–H groups in total. The van der Waals surface area contributed by atoms with E-state index in [1.807, 2.05) is 18.2 Å². The number of thioether (sulfide) groups is 1. The second-order valence-corrected chi connectivity index (χ2v) is 10.5. The Hall–Kier alpha value is -2.80. The Labute approximate surface area is 212 Å². The molecular weight excluding hydrogens is 462 g/mol. The summed E-state index contributed by atoms with van der Waals surface area (Å²) in [7, 11) is 0. The minimum Gasteiger partial charge on any atom is -0.394 e. The third-order valence-corrected chi connectivity index (χ3v) is 7.33. The lowest BCUT2D eigenvalue weighted by Crippen LogP contribution is -2.47. The third-order valence-electron chi connectivity index (χ3n) is 6.07. The fourth-order valence-corrected chi connectivity index (χ4v) is 5.28. The van der Waals surface area contributed by atoms with Crippen LogP contribution in [0.3, 0.4) is 0 Å². The summed E-state index contributed by atoms with van der Waals surface area (Å²) >= 11 is 1.18. The van der Waals surface area contributed by atoms with Crippen molar-refractivity contribution in [2.75, 3.05) is 38.1 Å². The molecule has 1 aromatic carbocycles. The van der Waals surface area contributed by atoms with Crippen LogP contribution in [-0.2, 0) is 16.0 Å². The van der Waals surface area contributed by atoms with E-state index >= 15 is 0 Å². The van der Waals surface area contributed by atoms with E-state index < -0.39 is 16.7 Å². The van der Waals surface area contributed by atoms with E-state index in [1.165, 1.54) is 48.2 Å². The fourth-order valence-electron chi connectivity index (χ4n) is 4.05. The number of amides is 2. The molecule has 2 saturated heterocycles. The number of rotatable bonds is 10. The van der Waals surface area contributed by atoms with Gasteiger partial charge in [-0.1, -0.05) is 23.9 Å². The highest BCUT2D eigenvalue weighted by molar-refractivity contribution is 8.05. The van der Waals surface area contributed by atoms with Gasteiger partial charge in [0.25, 0.3) is 5.91 Å². The molecule has 0 aliphatic carbocycles. The summed E-state index contributed by atoms with van der Waals surface area (Å²) in [5.74, 6) is -0.777. The first kappa shape index (κ1) is 26.8. The molecular formula is C26H35N5O3S. The Morgan fingerprint density at radius 3 is 2.74 bits per heavy atom. The predicted octanol–water partition coefficient (Wildman–Crippen LogP) is 2.84. The number of nitrogens with zero attached hydrogens (tertiary/aromatic N) is 3. The third kappa shape index (κ3) is 7.10. The maximum atomic E-state index is 12.9. The van der Waals surface area contributed by atoms with Gasteiger partial charge in [0.05, 0.1) is 12.1 Å². The Balaban J connectivity index is 1.66. The van der Waals surface area contributed by atoms with E-state index in [9.17, 15) is 20.0 Å². The lowest BCUT2D eigenvalue weighted by Gasteiger charge is -2.24. The van der Waals surface area contributed by atoms with Crippen LogP contribution >= 0.6 is 11.8 Å². The molecule has 8 nitrogen and oxygen atoms in total. The van der Waals surface area contributed by atoms with Crippen LogP contribution < -0.4 is 10.6 Å². The zero-order valence-corrected chi connectivity index (χ0v) is 21.5. The number of aliphatic hydroxyl groups is 1. The molecule has 0 radical (unpaired) electrons. The zero-order chi connectivity index (χ0) is 25.4. The minimum absolute atomic E-state index is 0.124. The first-order chi connectivity index (χ1) is 16.8. The molecule has 188 valence electrons. The summed E-state index contributed by atoms with van der Waals surface area (Å²) in [6.07, 6.45) is 7.08. The molecule has 2 amide bonds. The number of hydrogen-bond donors (Lipinski definition) is 3. The quantitative estimate of drug-likeness (QED) is 0.337. The van der Waals surface area contributed by atoms with Crippen LogP contribution in [0, 0.1) is 11.3 Å². The number of nitrogens with one attached hydrogen (secondary N) is 2. The molecule has 2 fully saturated rings. The maximum absolute atomic E-state index is 12.9. The summed E-state index contributed by atoms with van der Waals surface area (Å²) in [6.45, 7) is 8.65. The molecule has 2 aliphatic heterocycles. The van der Waals surface area contributed by atoms with Gasteiger partial charge in [-0.15, -0.1) is 0 Å². The summed E-state index contributed by atoms with van der Waals surface area (Å²) in [5, 5.41) is 24.8. The standard InChI is InChI=1S/C26H35N5O3S/c1-4-31-24(34)22(35-25(31)21(17-27)23(33)29-26(2,3)18-32)10-12-28-20-9-7-8-19(16-20)11-15-30-13-5-6-14-30/h7-10,12,16,22,28,32H,4-6,11,13-15,18H2,1-3H3,(H,29,33)/b12-10?,25-21-. The maximum Gasteiger partial charge on any atom is 0.265 e. The van der Waals surface area contributed by atoms with Gasteiger partial charge < -0.3 is 25.5 Å². The van der Waals surface area contributed by atoms with Gasteiger partial charge in [-0.3, -0.25) is 9.59 Å². The van der Waals surface area contributed by atoms with Crippen molar-refractivity contribution in [3.63, 3.8) is 0 Å². The molecule has 35 heavy (non-hydrogen) atoms. The van der Waals surface area contributed by atoms with Crippen LogP contribution in [0.4, 0.5) is 5.69 Å². The van der Waals surface area contributed by atoms with Gasteiger partial charge in [-0.2, -0.15) is 5.26 Å². The monoisotopic (exact) mass is 497 g/mol. The number of likely N-dealkylation sites (tertiary alicyclic amines) is 1.